The summed E-state index contributed by atoms with van der Waals surface area (Å²) in [4.78, 5) is 18.6. The number of piperazine rings is 1. The minimum atomic E-state index is -0.424. The summed E-state index contributed by atoms with van der Waals surface area (Å²) in [5.41, 5.74) is 0.654. The number of fused-ring (bicyclic) bond motifs is 1. The standard InChI is InChI=1S/C20H29F2N3O3/c21-5-13-27-14-12-24-10-8-23(9-11-24)6-1-2-7-25-18-4-3-17(22)15-19(18)28-16-20(25)26/h3-4,15H,1-2,5-14,16H2. The van der Waals surface area contributed by atoms with Crippen molar-refractivity contribution in [1.82, 2.24) is 9.80 Å². The van der Waals surface area contributed by atoms with Crippen LogP contribution in [-0.2, 0) is 9.53 Å². The van der Waals surface area contributed by atoms with Gasteiger partial charge in [-0.15, -0.1) is 0 Å². The predicted molar refractivity (Wildman–Crippen MR) is 103 cm³/mol. The molecule has 6 nitrogen and oxygen atoms in total. The van der Waals surface area contributed by atoms with Gasteiger partial charge in [0.25, 0.3) is 5.91 Å². The lowest BCUT2D eigenvalue weighted by atomic mass is 10.2. The Hall–Kier alpha value is -1.77. The molecule has 0 spiro atoms. The van der Waals surface area contributed by atoms with Crippen LogP contribution in [0.25, 0.3) is 0 Å². The van der Waals surface area contributed by atoms with E-state index in [1.54, 1.807) is 11.0 Å². The number of anilines is 1. The molecule has 3 rings (SSSR count). The van der Waals surface area contributed by atoms with Gasteiger partial charge in [-0.1, -0.05) is 0 Å². The fourth-order valence-corrected chi connectivity index (χ4v) is 3.62. The quantitative estimate of drug-likeness (QED) is 0.565. The molecule has 0 unspecified atom stereocenters. The Kier molecular flexibility index (Phi) is 8.00. The Balaban J connectivity index is 1.34. The number of benzene rings is 1. The van der Waals surface area contributed by atoms with Crippen LogP contribution in [0.2, 0.25) is 0 Å². The molecule has 8 heteroatoms. The van der Waals surface area contributed by atoms with Crippen LogP contribution in [0.1, 0.15) is 12.8 Å². The van der Waals surface area contributed by atoms with Crippen molar-refractivity contribution >= 4 is 11.6 Å². The van der Waals surface area contributed by atoms with E-state index in [0.29, 0.717) is 24.6 Å². The maximum atomic E-state index is 13.3. The highest BCUT2D eigenvalue weighted by Crippen LogP contribution is 2.32. The van der Waals surface area contributed by atoms with Crippen LogP contribution in [0.4, 0.5) is 14.5 Å². The zero-order valence-corrected chi connectivity index (χ0v) is 16.2. The first-order valence-corrected chi connectivity index (χ1v) is 9.98. The molecule has 0 aliphatic carbocycles. The molecule has 1 saturated heterocycles. The SMILES string of the molecule is O=C1COc2cc(F)ccc2N1CCCCN1CCN(CCOCCF)CC1. The number of amides is 1. The largest absolute Gasteiger partial charge is 0.481 e. The van der Waals surface area contributed by atoms with Crippen molar-refractivity contribution in [2.75, 3.05) is 77.2 Å². The van der Waals surface area contributed by atoms with Crippen LogP contribution in [0.5, 0.6) is 5.75 Å². The van der Waals surface area contributed by atoms with Crippen LogP contribution in [0.15, 0.2) is 18.2 Å². The van der Waals surface area contributed by atoms with E-state index in [0.717, 1.165) is 52.1 Å². The van der Waals surface area contributed by atoms with E-state index in [1.165, 1.54) is 12.1 Å². The predicted octanol–water partition coefficient (Wildman–Crippen LogP) is 1.93. The number of hydrogen-bond acceptors (Lipinski definition) is 5. The summed E-state index contributed by atoms with van der Waals surface area (Å²) in [6, 6.07) is 4.30. The Bertz CT molecular complexity index is 639. The second kappa shape index (κ2) is 10.7. The number of carbonyl (C=O) groups excluding carboxylic acids is 1. The lowest BCUT2D eigenvalue weighted by Crippen LogP contribution is -2.47. The maximum Gasteiger partial charge on any atom is 0.265 e. The highest BCUT2D eigenvalue weighted by Gasteiger charge is 2.25. The molecule has 2 aliphatic heterocycles. The van der Waals surface area contributed by atoms with Crippen molar-refractivity contribution < 1.29 is 23.0 Å². The molecule has 1 fully saturated rings. The smallest absolute Gasteiger partial charge is 0.265 e. The minimum absolute atomic E-state index is 0.0343. The summed E-state index contributed by atoms with van der Waals surface area (Å²) in [7, 11) is 0. The second-order valence-electron chi connectivity index (χ2n) is 7.14. The Morgan fingerprint density at radius 1 is 1.00 bits per heavy atom. The second-order valence-corrected chi connectivity index (χ2v) is 7.14. The molecular formula is C20H29F2N3O3. The molecule has 1 amide bonds. The van der Waals surface area contributed by atoms with E-state index in [9.17, 15) is 13.6 Å². The first-order chi connectivity index (χ1) is 13.7. The van der Waals surface area contributed by atoms with Crippen LogP contribution in [0.3, 0.4) is 0 Å². The first-order valence-electron chi connectivity index (χ1n) is 9.98. The van der Waals surface area contributed by atoms with Crippen molar-refractivity contribution in [2.24, 2.45) is 0 Å². The molecule has 0 saturated carbocycles. The van der Waals surface area contributed by atoms with Gasteiger partial charge in [-0.3, -0.25) is 9.69 Å². The summed E-state index contributed by atoms with van der Waals surface area (Å²) in [6.07, 6.45) is 1.89. The Morgan fingerprint density at radius 3 is 2.46 bits per heavy atom. The molecule has 1 aromatic carbocycles. The third-order valence-corrected chi connectivity index (χ3v) is 5.21. The molecule has 1 aromatic rings. The normalized spacial score (nSPS) is 18.2. The third kappa shape index (κ3) is 5.86. The molecule has 0 aromatic heterocycles. The van der Waals surface area contributed by atoms with Gasteiger partial charge in [0.05, 0.1) is 18.9 Å². The number of nitrogens with zero attached hydrogens (tertiary/aromatic N) is 3. The van der Waals surface area contributed by atoms with Gasteiger partial charge in [-0.2, -0.15) is 0 Å². The number of ether oxygens (including phenoxy) is 2. The van der Waals surface area contributed by atoms with E-state index < -0.39 is 6.67 Å². The van der Waals surface area contributed by atoms with Gasteiger partial charge < -0.3 is 19.3 Å². The summed E-state index contributed by atoms with van der Waals surface area (Å²) >= 11 is 0. The molecule has 0 bridgehead atoms. The summed E-state index contributed by atoms with van der Waals surface area (Å²) in [5, 5.41) is 0. The van der Waals surface area contributed by atoms with Gasteiger partial charge >= 0.3 is 0 Å². The van der Waals surface area contributed by atoms with Crippen molar-refractivity contribution in [2.45, 2.75) is 12.8 Å². The zero-order valence-electron chi connectivity index (χ0n) is 16.2. The molecule has 2 heterocycles. The van der Waals surface area contributed by atoms with Gasteiger partial charge in [0.2, 0.25) is 0 Å². The number of hydrogen-bond donors (Lipinski definition) is 0. The van der Waals surface area contributed by atoms with E-state index in [-0.39, 0.29) is 24.9 Å². The minimum Gasteiger partial charge on any atom is -0.481 e. The van der Waals surface area contributed by atoms with Crippen LogP contribution < -0.4 is 9.64 Å². The van der Waals surface area contributed by atoms with Gasteiger partial charge in [0.15, 0.2) is 6.61 Å². The fourth-order valence-electron chi connectivity index (χ4n) is 3.62. The number of alkyl halides is 1. The zero-order chi connectivity index (χ0) is 19.8. The van der Waals surface area contributed by atoms with Crippen LogP contribution in [0, 0.1) is 5.82 Å². The molecule has 28 heavy (non-hydrogen) atoms. The van der Waals surface area contributed by atoms with Crippen molar-refractivity contribution in [1.29, 1.82) is 0 Å². The molecule has 2 aliphatic rings. The van der Waals surface area contributed by atoms with Gasteiger partial charge in [0, 0.05) is 45.3 Å². The van der Waals surface area contributed by atoms with Gasteiger partial charge in [0.1, 0.15) is 18.2 Å². The number of halogens is 2. The van der Waals surface area contributed by atoms with Crippen molar-refractivity contribution in [3.8, 4) is 5.75 Å². The van der Waals surface area contributed by atoms with Gasteiger partial charge in [-0.05, 0) is 31.5 Å². The van der Waals surface area contributed by atoms with Crippen LogP contribution in [-0.4, -0.2) is 88.0 Å². The van der Waals surface area contributed by atoms with E-state index in [2.05, 4.69) is 9.80 Å². The topological polar surface area (TPSA) is 45.2 Å². The lowest BCUT2D eigenvalue weighted by molar-refractivity contribution is -0.121. The monoisotopic (exact) mass is 397 g/mol. The van der Waals surface area contributed by atoms with Gasteiger partial charge in [-0.25, -0.2) is 8.78 Å². The van der Waals surface area contributed by atoms with E-state index >= 15 is 0 Å². The maximum absolute atomic E-state index is 13.3. The van der Waals surface area contributed by atoms with E-state index in [4.69, 9.17) is 9.47 Å². The summed E-state index contributed by atoms with van der Waals surface area (Å²) < 4.78 is 35.9. The molecule has 0 radical (unpaired) electrons. The summed E-state index contributed by atoms with van der Waals surface area (Å²) in [6.45, 7) is 6.82. The Morgan fingerprint density at radius 2 is 1.71 bits per heavy atom. The third-order valence-electron chi connectivity index (χ3n) is 5.21. The molecule has 0 N–H and O–H groups in total. The number of unbranched alkanes of at least 4 members (excludes halogenated alkanes) is 1. The summed E-state index contributed by atoms with van der Waals surface area (Å²) in [5.74, 6) is -0.00455. The number of carbonyl (C=O) groups is 1. The van der Waals surface area contributed by atoms with Crippen LogP contribution >= 0.6 is 0 Å². The first kappa shape index (κ1) is 21.0. The lowest BCUT2D eigenvalue weighted by Gasteiger charge is -2.35. The number of rotatable bonds is 10. The Labute approximate surface area is 165 Å². The highest BCUT2D eigenvalue weighted by molar-refractivity contribution is 5.97. The molecule has 0 atom stereocenters. The van der Waals surface area contributed by atoms with Crippen molar-refractivity contribution in [3.63, 3.8) is 0 Å². The van der Waals surface area contributed by atoms with Crippen molar-refractivity contribution in [3.05, 3.63) is 24.0 Å². The van der Waals surface area contributed by atoms with E-state index in [1.807, 2.05) is 0 Å². The average molecular weight is 397 g/mol. The average Bonchev–Trinajstić information content (AvgIpc) is 2.71. The molecular weight excluding hydrogens is 368 g/mol. The fraction of sp³-hybridized carbons (Fsp3) is 0.650. The molecule has 156 valence electrons. The highest BCUT2D eigenvalue weighted by atomic mass is 19.1.